The Morgan fingerprint density at radius 3 is 2.15 bits per heavy atom. The zero-order chi connectivity index (χ0) is 14.6. The lowest BCUT2D eigenvalue weighted by atomic mass is 10.1. The molecule has 0 aromatic heterocycles. The average molecular weight is 270 g/mol. The smallest absolute Gasteiger partial charge is 0.0274 e. The van der Waals surface area contributed by atoms with Gasteiger partial charge in [0.2, 0.25) is 0 Å². The molecule has 0 aliphatic heterocycles. The number of hydrogen-bond donors (Lipinski definition) is 0. The van der Waals surface area contributed by atoms with Crippen molar-refractivity contribution >= 4 is 0 Å². The third-order valence-electron chi connectivity index (χ3n) is 3.76. The lowest BCUT2D eigenvalue weighted by molar-refractivity contribution is 0.579. The molecule has 0 saturated heterocycles. The van der Waals surface area contributed by atoms with Gasteiger partial charge in [-0.25, -0.2) is 0 Å². The van der Waals surface area contributed by atoms with Crippen molar-refractivity contribution in [3.8, 4) is 11.8 Å². The summed E-state index contributed by atoms with van der Waals surface area (Å²) >= 11 is 0. The fourth-order valence-corrected chi connectivity index (χ4v) is 2.46. The van der Waals surface area contributed by atoms with Crippen molar-refractivity contribution in [1.29, 1.82) is 0 Å². The second-order valence-electron chi connectivity index (χ2n) is 5.85. The first-order valence-electron chi connectivity index (χ1n) is 8.30. The van der Waals surface area contributed by atoms with Crippen LogP contribution in [0.2, 0.25) is 0 Å². The summed E-state index contributed by atoms with van der Waals surface area (Å²) in [5, 5.41) is 0. The molecule has 0 aliphatic rings. The zero-order valence-corrected chi connectivity index (χ0v) is 13.6. The molecule has 0 amide bonds. The Balaban J connectivity index is 2.11. The van der Waals surface area contributed by atoms with Gasteiger partial charge in [-0.3, -0.25) is 0 Å². The van der Waals surface area contributed by atoms with Crippen molar-refractivity contribution < 1.29 is 0 Å². The van der Waals surface area contributed by atoms with Crippen LogP contribution in [0.4, 0.5) is 0 Å². The highest BCUT2D eigenvalue weighted by Gasteiger charge is 1.94. The van der Waals surface area contributed by atoms with E-state index in [1.165, 1.54) is 68.1 Å². The maximum Gasteiger partial charge on any atom is 0.0274 e. The van der Waals surface area contributed by atoms with E-state index >= 15 is 0 Å². The third-order valence-corrected chi connectivity index (χ3v) is 3.76. The fourth-order valence-electron chi connectivity index (χ4n) is 2.46. The highest BCUT2D eigenvalue weighted by atomic mass is 14.0. The predicted molar refractivity (Wildman–Crippen MR) is 90.0 cm³/mol. The molecule has 0 aliphatic carbocycles. The summed E-state index contributed by atoms with van der Waals surface area (Å²) in [5.41, 5.74) is 3.81. The molecule has 110 valence electrons. The molecule has 0 bridgehead atoms. The first-order valence-corrected chi connectivity index (χ1v) is 8.30. The monoisotopic (exact) mass is 270 g/mol. The van der Waals surface area contributed by atoms with Crippen LogP contribution in [0.25, 0.3) is 0 Å². The van der Waals surface area contributed by atoms with E-state index in [0.717, 1.165) is 6.42 Å². The largest absolute Gasteiger partial charge is 0.0979 e. The Labute approximate surface area is 126 Å². The molecule has 0 radical (unpaired) electrons. The van der Waals surface area contributed by atoms with Crippen molar-refractivity contribution in [3.05, 3.63) is 34.9 Å². The maximum absolute atomic E-state index is 3.32. The average Bonchev–Trinajstić information content (AvgIpc) is 2.43. The van der Waals surface area contributed by atoms with Crippen LogP contribution in [-0.2, 0) is 0 Å². The lowest BCUT2D eigenvalue weighted by Crippen LogP contribution is -1.83. The van der Waals surface area contributed by atoms with Crippen molar-refractivity contribution in [1.82, 2.24) is 0 Å². The van der Waals surface area contributed by atoms with Gasteiger partial charge in [-0.05, 0) is 31.9 Å². The van der Waals surface area contributed by atoms with Crippen LogP contribution in [0.1, 0.15) is 81.4 Å². The third kappa shape index (κ3) is 7.39. The molecule has 1 aromatic carbocycles. The standard InChI is InChI=1S/C20H30/c1-4-5-6-7-8-9-10-11-12-13-14-20-16-15-18(2)17-19(20)3/h15-17H,4-12H2,1-3H3. The van der Waals surface area contributed by atoms with Crippen LogP contribution in [0.3, 0.4) is 0 Å². The summed E-state index contributed by atoms with van der Waals surface area (Å²) in [6, 6.07) is 6.50. The quantitative estimate of drug-likeness (QED) is 0.390. The van der Waals surface area contributed by atoms with E-state index in [1.807, 2.05) is 0 Å². The maximum atomic E-state index is 3.32. The number of benzene rings is 1. The highest BCUT2D eigenvalue weighted by molar-refractivity contribution is 5.42. The van der Waals surface area contributed by atoms with Crippen LogP contribution < -0.4 is 0 Å². The summed E-state index contributed by atoms with van der Waals surface area (Å²) in [4.78, 5) is 0. The molecular weight excluding hydrogens is 240 g/mol. The van der Waals surface area contributed by atoms with E-state index < -0.39 is 0 Å². The predicted octanol–water partition coefficient (Wildman–Crippen LogP) is 6.19. The minimum absolute atomic E-state index is 1.04. The highest BCUT2D eigenvalue weighted by Crippen LogP contribution is 2.10. The van der Waals surface area contributed by atoms with E-state index in [9.17, 15) is 0 Å². The minimum atomic E-state index is 1.04. The van der Waals surface area contributed by atoms with Crippen LogP contribution in [-0.4, -0.2) is 0 Å². The summed E-state index contributed by atoms with van der Waals surface area (Å²) in [6.45, 7) is 6.55. The van der Waals surface area contributed by atoms with Gasteiger partial charge < -0.3 is 0 Å². The molecule has 0 unspecified atom stereocenters. The summed E-state index contributed by atoms with van der Waals surface area (Å²) in [5.74, 6) is 6.63. The SMILES string of the molecule is CCCCCCCCCCC#Cc1ccc(C)cc1C. The van der Waals surface area contributed by atoms with Crippen molar-refractivity contribution in [3.63, 3.8) is 0 Å². The Bertz CT molecular complexity index is 431. The van der Waals surface area contributed by atoms with Crippen molar-refractivity contribution in [2.75, 3.05) is 0 Å². The number of hydrogen-bond acceptors (Lipinski definition) is 0. The van der Waals surface area contributed by atoms with E-state index in [0.29, 0.717) is 0 Å². The summed E-state index contributed by atoms with van der Waals surface area (Å²) < 4.78 is 0. The lowest BCUT2D eigenvalue weighted by Gasteiger charge is -2.00. The summed E-state index contributed by atoms with van der Waals surface area (Å²) in [7, 11) is 0. The molecule has 0 N–H and O–H groups in total. The van der Waals surface area contributed by atoms with Gasteiger partial charge in [0.25, 0.3) is 0 Å². The first kappa shape index (κ1) is 16.8. The van der Waals surface area contributed by atoms with E-state index in [4.69, 9.17) is 0 Å². The Hall–Kier alpha value is -1.22. The Kier molecular flexibility index (Phi) is 8.88. The van der Waals surface area contributed by atoms with Gasteiger partial charge in [0.05, 0.1) is 0 Å². The minimum Gasteiger partial charge on any atom is -0.0979 e. The van der Waals surface area contributed by atoms with Crippen molar-refractivity contribution in [2.24, 2.45) is 0 Å². The molecule has 0 nitrogen and oxygen atoms in total. The van der Waals surface area contributed by atoms with Gasteiger partial charge in [-0.2, -0.15) is 0 Å². The van der Waals surface area contributed by atoms with Crippen LogP contribution in [0, 0.1) is 25.7 Å². The molecule has 0 atom stereocenters. The fraction of sp³-hybridized carbons (Fsp3) is 0.600. The second-order valence-corrected chi connectivity index (χ2v) is 5.85. The molecule has 0 saturated carbocycles. The van der Waals surface area contributed by atoms with Gasteiger partial charge in [-0.15, -0.1) is 0 Å². The summed E-state index contributed by atoms with van der Waals surface area (Å²) in [6.07, 6.45) is 12.0. The van der Waals surface area contributed by atoms with Gasteiger partial charge in [0.1, 0.15) is 0 Å². The Morgan fingerprint density at radius 2 is 1.50 bits per heavy atom. The van der Waals surface area contributed by atoms with E-state index in [1.54, 1.807) is 0 Å². The molecular formula is C20H30. The normalized spacial score (nSPS) is 10.2. The van der Waals surface area contributed by atoms with Crippen LogP contribution >= 0.6 is 0 Å². The topological polar surface area (TPSA) is 0 Å². The van der Waals surface area contributed by atoms with Gasteiger partial charge >= 0.3 is 0 Å². The number of rotatable bonds is 8. The van der Waals surface area contributed by atoms with Crippen LogP contribution in [0.5, 0.6) is 0 Å². The molecule has 1 aromatic rings. The van der Waals surface area contributed by atoms with Crippen molar-refractivity contribution in [2.45, 2.75) is 78.6 Å². The van der Waals surface area contributed by atoms with E-state index in [-0.39, 0.29) is 0 Å². The van der Waals surface area contributed by atoms with E-state index in [2.05, 4.69) is 50.8 Å². The van der Waals surface area contributed by atoms with Gasteiger partial charge in [0, 0.05) is 12.0 Å². The number of unbranched alkanes of at least 4 members (excludes halogenated alkanes) is 8. The van der Waals surface area contributed by atoms with Gasteiger partial charge in [-0.1, -0.05) is 81.4 Å². The first-order chi connectivity index (χ1) is 9.74. The van der Waals surface area contributed by atoms with Crippen LogP contribution in [0.15, 0.2) is 18.2 Å². The molecule has 0 spiro atoms. The number of aryl methyl sites for hydroxylation is 2. The molecule has 1 rings (SSSR count). The second kappa shape index (κ2) is 10.6. The Morgan fingerprint density at radius 1 is 0.850 bits per heavy atom. The molecule has 0 heteroatoms. The molecule has 20 heavy (non-hydrogen) atoms. The molecule has 0 fully saturated rings. The molecule has 0 heterocycles. The van der Waals surface area contributed by atoms with Gasteiger partial charge in [0.15, 0.2) is 0 Å². The zero-order valence-electron chi connectivity index (χ0n) is 13.6.